The second-order valence-electron chi connectivity index (χ2n) is 6.39. The van der Waals surface area contributed by atoms with E-state index in [1.807, 2.05) is 30.3 Å². The van der Waals surface area contributed by atoms with Crippen LogP contribution in [0, 0.1) is 0 Å². The van der Waals surface area contributed by atoms with Crippen LogP contribution in [-0.4, -0.2) is 30.6 Å². The van der Waals surface area contributed by atoms with E-state index in [9.17, 15) is 0 Å². The molecule has 0 aliphatic heterocycles. The van der Waals surface area contributed by atoms with Crippen LogP contribution in [-0.2, 0) is 19.3 Å². The molecule has 2 aromatic heterocycles. The van der Waals surface area contributed by atoms with Gasteiger partial charge in [-0.15, -0.1) is 24.0 Å². The van der Waals surface area contributed by atoms with Crippen molar-refractivity contribution in [2.45, 2.75) is 19.3 Å². The Kier molecular flexibility index (Phi) is 10.6. The molecule has 0 aliphatic carbocycles. The van der Waals surface area contributed by atoms with Crippen molar-refractivity contribution in [1.82, 2.24) is 15.6 Å². The van der Waals surface area contributed by atoms with Gasteiger partial charge in [-0.3, -0.25) is 4.99 Å². The number of rotatable bonds is 9. The summed E-state index contributed by atoms with van der Waals surface area (Å²) in [7, 11) is 0. The number of furan rings is 1. The summed E-state index contributed by atoms with van der Waals surface area (Å²) in [6.45, 7) is 2.25. The minimum atomic E-state index is 0. The average Bonchev–Trinajstić information content (AvgIpc) is 3.23. The SMILES string of the molecule is Clc1ccc(CCNC(=NCCc2ccco2)NCCc2ccccc2)cn1.I. The van der Waals surface area contributed by atoms with Gasteiger partial charge in [-0.1, -0.05) is 48.0 Å². The molecule has 3 aromatic rings. The first-order valence-corrected chi connectivity index (χ1v) is 9.86. The lowest BCUT2D eigenvalue weighted by Crippen LogP contribution is -2.39. The summed E-state index contributed by atoms with van der Waals surface area (Å²) in [5.41, 5.74) is 2.44. The maximum absolute atomic E-state index is 5.84. The number of aromatic nitrogens is 1. The molecule has 0 saturated carbocycles. The molecular weight excluding hydrogens is 499 g/mol. The van der Waals surface area contributed by atoms with Gasteiger partial charge in [0.2, 0.25) is 0 Å². The summed E-state index contributed by atoms with van der Waals surface area (Å²) in [6.07, 6.45) is 6.07. The predicted octanol–water partition coefficient (Wildman–Crippen LogP) is 4.51. The smallest absolute Gasteiger partial charge is 0.191 e. The highest BCUT2D eigenvalue weighted by molar-refractivity contribution is 14.0. The maximum Gasteiger partial charge on any atom is 0.191 e. The third kappa shape index (κ3) is 8.87. The Labute approximate surface area is 194 Å². The summed E-state index contributed by atoms with van der Waals surface area (Å²) in [5.74, 6) is 1.75. The quantitative estimate of drug-likeness (QED) is 0.187. The lowest BCUT2D eigenvalue weighted by atomic mass is 10.1. The topological polar surface area (TPSA) is 62.5 Å². The fourth-order valence-corrected chi connectivity index (χ4v) is 2.87. The van der Waals surface area contributed by atoms with E-state index in [2.05, 4.69) is 44.9 Å². The molecule has 1 aromatic carbocycles. The molecule has 3 rings (SSSR count). The molecule has 2 heterocycles. The zero-order valence-electron chi connectivity index (χ0n) is 16.2. The van der Waals surface area contributed by atoms with Gasteiger partial charge >= 0.3 is 0 Å². The van der Waals surface area contributed by atoms with E-state index in [-0.39, 0.29) is 24.0 Å². The summed E-state index contributed by atoms with van der Waals surface area (Å²) < 4.78 is 5.38. The molecule has 0 atom stereocenters. The Balaban J connectivity index is 0.00000300. The second-order valence-corrected chi connectivity index (χ2v) is 6.78. The summed E-state index contributed by atoms with van der Waals surface area (Å²) >= 11 is 5.84. The third-order valence-electron chi connectivity index (χ3n) is 4.25. The Morgan fingerprint density at radius 3 is 2.31 bits per heavy atom. The van der Waals surface area contributed by atoms with Crippen molar-refractivity contribution in [2.24, 2.45) is 4.99 Å². The number of pyridine rings is 1. The van der Waals surface area contributed by atoms with Gasteiger partial charge in [0.1, 0.15) is 10.9 Å². The van der Waals surface area contributed by atoms with E-state index in [1.54, 1.807) is 12.5 Å². The van der Waals surface area contributed by atoms with E-state index in [0.29, 0.717) is 11.7 Å². The lowest BCUT2D eigenvalue weighted by Gasteiger charge is -2.13. The average molecular weight is 525 g/mol. The molecule has 0 bridgehead atoms. The van der Waals surface area contributed by atoms with Crippen molar-refractivity contribution < 1.29 is 4.42 Å². The van der Waals surface area contributed by atoms with E-state index < -0.39 is 0 Å². The Hall–Kier alpha value is -2.06. The Morgan fingerprint density at radius 1 is 0.897 bits per heavy atom. The predicted molar refractivity (Wildman–Crippen MR) is 129 cm³/mol. The number of nitrogens with zero attached hydrogens (tertiary/aromatic N) is 2. The van der Waals surface area contributed by atoms with Crippen LogP contribution in [0.5, 0.6) is 0 Å². The molecular formula is C22H26ClIN4O. The van der Waals surface area contributed by atoms with Crippen LogP contribution >= 0.6 is 35.6 Å². The number of halogens is 2. The fourth-order valence-electron chi connectivity index (χ4n) is 2.76. The van der Waals surface area contributed by atoms with Gasteiger partial charge in [0, 0.05) is 32.3 Å². The zero-order valence-corrected chi connectivity index (χ0v) is 19.3. The van der Waals surface area contributed by atoms with Gasteiger partial charge in [0.15, 0.2) is 5.96 Å². The number of nitrogens with one attached hydrogen (secondary N) is 2. The minimum Gasteiger partial charge on any atom is -0.469 e. The molecule has 0 saturated heterocycles. The van der Waals surface area contributed by atoms with E-state index in [4.69, 9.17) is 16.0 Å². The molecule has 0 aliphatic rings. The van der Waals surface area contributed by atoms with Crippen molar-refractivity contribution in [3.05, 3.63) is 89.1 Å². The molecule has 2 N–H and O–H groups in total. The van der Waals surface area contributed by atoms with Gasteiger partial charge in [-0.05, 0) is 42.2 Å². The van der Waals surface area contributed by atoms with Crippen molar-refractivity contribution >= 4 is 41.5 Å². The van der Waals surface area contributed by atoms with E-state index >= 15 is 0 Å². The Morgan fingerprint density at radius 2 is 1.66 bits per heavy atom. The standard InChI is InChI=1S/C22H25ClN4O.HI/c23-21-9-8-19(17-27-21)11-14-25-22(26-15-12-20-7-4-16-28-20)24-13-10-18-5-2-1-3-6-18;/h1-9,16-17H,10-15H2,(H2,24,25,26);1H. The minimum absolute atomic E-state index is 0. The molecule has 0 fully saturated rings. The summed E-state index contributed by atoms with van der Waals surface area (Å²) in [4.78, 5) is 8.79. The molecule has 0 unspecified atom stereocenters. The number of benzene rings is 1. The van der Waals surface area contributed by atoms with Gasteiger partial charge in [-0.2, -0.15) is 0 Å². The maximum atomic E-state index is 5.84. The molecule has 7 heteroatoms. The molecule has 154 valence electrons. The van der Waals surface area contributed by atoms with Crippen LogP contribution < -0.4 is 10.6 Å². The molecule has 0 amide bonds. The monoisotopic (exact) mass is 524 g/mol. The summed E-state index contributed by atoms with van der Waals surface area (Å²) in [6, 6.07) is 18.1. The highest BCUT2D eigenvalue weighted by atomic mass is 127. The normalized spacial score (nSPS) is 11.0. The highest BCUT2D eigenvalue weighted by Gasteiger charge is 2.01. The van der Waals surface area contributed by atoms with Crippen LogP contribution in [0.4, 0.5) is 0 Å². The number of hydrogen-bond acceptors (Lipinski definition) is 3. The largest absolute Gasteiger partial charge is 0.469 e. The van der Waals surface area contributed by atoms with Gasteiger partial charge in [0.05, 0.1) is 6.26 Å². The van der Waals surface area contributed by atoms with Gasteiger partial charge < -0.3 is 15.1 Å². The first-order chi connectivity index (χ1) is 13.8. The van der Waals surface area contributed by atoms with Crippen LogP contribution in [0.3, 0.4) is 0 Å². The van der Waals surface area contributed by atoms with Gasteiger partial charge in [0.25, 0.3) is 0 Å². The van der Waals surface area contributed by atoms with E-state index in [0.717, 1.165) is 49.6 Å². The molecule has 29 heavy (non-hydrogen) atoms. The van der Waals surface area contributed by atoms with Crippen LogP contribution in [0.15, 0.2) is 76.5 Å². The summed E-state index contributed by atoms with van der Waals surface area (Å²) in [5, 5.41) is 7.33. The third-order valence-corrected chi connectivity index (χ3v) is 4.48. The number of aliphatic imine (C=N–C) groups is 1. The molecule has 0 spiro atoms. The van der Waals surface area contributed by atoms with Crippen molar-refractivity contribution in [2.75, 3.05) is 19.6 Å². The zero-order chi connectivity index (χ0) is 19.4. The first kappa shape index (κ1) is 23.2. The van der Waals surface area contributed by atoms with Crippen LogP contribution in [0.2, 0.25) is 5.15 Å². The van der Waals surface area contributed by atoms with Crippen molar-refractivity contribution in [3.63, 3.8) is 0 Å². The lowest BCUT2D eigenvalue weighted by molar-refractivity contribution is 0.510. The highest BCUT2D eigenvalue weighted by Crippen LogP contribution is 2.05. The number of guanidine groups is 1. The molecule has 0 radical (unpaired) electrons. The first-order valence-electron chi connectivity index (χ1n) is 9.48. The van der Waals surface area contributed by atoms with Crippen molar-refractivity contribution in [1.29, 1.82) is 0 Å². The van der Waals surface area contributed by atoms with Crippen LogP contribution in [0.1, 0.15) is 16.9 Å². The van der Waals surface area contributed by atoms with Crippen molar-refractivity contribution in [3.8, 4) is 0 Å². The number of hydrogen-bond donors (Lipinski definition) is 2. The van der Waals surface area contributed by atoms with E-state index in [1.165, 1.54) is 5.56 Å². The molecule has 5 nitrogen and oxygen atoms in total. The second kappa shape index (κ2) is 13.2. The fraction of sp³-hybridized carbons (Fsp3) is 0.273. The Bertz CT molecular complexity index is 839. The van der Waals surface area contributed by atoms with Gasteiger partial charge in [-0.25, -0.2) is 4.98 Å². The van der Waals surface area contributed by atoms with Crippen LogP contribution in [0.25, 0.3) is 0 Å².